The smallest absolute Gasteiger partial charge is 0.411 e. The Morgan fingerprint density at radius 1 is 1.71 bits per heavy atom. The van der Waals surface area contributed by atoms with E-state index in [4.69, 9.17) is 16.7 Å². The first-order chi connectivity index (χ1) is 6.74. The number of aliphatic hydroxyl groups is 1. The summed E-state index contributed by atoms with van der Waals surface area (Å²) in [7, 11) is 0. The van der Waals surface area contributed by atoms with Gasteiger partial charge in [-0.1, -0.05) is 11.6 Å². The molecule has 0 aromatic carbocycles. The summed E-state index contributed by atoms with van der Waals surface area (Å²) in [5.74, 6) is 0. The van der Waals surface area contributed by atoms with Crippen LogP contribution in [0.2, 0.25) is 5.02 Å². The molecule has 0 atom stereocenters. The maximum Gasteiger partial charge on any atom is 0.411 e. The Balaban J connectivity index is 2.52. The zero-order valence-corrected chi connectivity index (χ0v) is 7.99. The average molecular weight is 217 g/mol. The third-order valence-electron chi connectivity index (χ3n) is 1.33. The van der Waals surface area contributed by atoms with E-state index in [1.807, 2.05) is 0 Å². The van der Waals surface area contributed by atoms with Gasteiger partial charge in [0.1, 0.15) is 6.61 Å². The number of hydrogen-bond acceptors (Lipinski definition) is 4. The van der Waals surface area contributed by atoms with Crippen LogP contribution in [0, 0.1) is 0 Å². The molecule has 0 aliphatic heterocycles. The van der Waals surface area contributed by atoms with Crippen LogP contribution in [0.25, 0.3) is 0 Å². The Morgan fingerprint density at radius 3 is 3.14 bits per heavy atom. The molecule has 0 saturated heterocycles. The fraction of sp³-hybridized carbons (Fsp3) is 0.250. The van der Waals surface area contributed by atoms with E-state index in [9.17, 15) is 4.79 Å². The Bertz CT molecular complexity index is 319. The molecule has 0 radical (unpaired) electrons. The van der Waals surface area contributed by atoms with Crippen LogP contribution in [-0.2, 0) is 4.74 Å². The molecule has 0 aliphatic rings. The summed E-state index contributed by atoms with van der Waals surface area (Å²) in [6, 6.07) is 1.54. The van der Waals surface area contributed by atoms with Gasteiger partial charge < -0.3 is 9.84 Å². The van der Waals surface area contributed by atoms with Gasteiger partial charge in [-0.25, -0.2) is 4.79 Å². The highest BCUT2D eigenvalue weighted by Gasteiger charge is 2.05. The molecule has 0 aliphatic carbocycles. The van der Waals surface area contributed by atoms with Crippen LogP contribution < -0.4 is 5.32 Å². The third kappa shape index (κ3) is 3.20. The number of anilines is 1. The zero-order valence-electron chi connectivity index (χ0n) is 7.24. The highest BCUT2D eigenvalue weighted by molar-refractivity contribution is 6.33. The second-order valence-corrected chi connectivity index (χ2v) is 2.75. The summed E-state index contributed by atoms with van der Waals surface area (Å²) < 4.78 is 4.56. The standard InChI is InChI=1S/C8H9ClN2O3/c9-6-1-2-10-5-7(6)11-8(13)14-4-3-12/h1-2,5,12H,3-4H2,(H,11,13). The number of amides is 1. The summed E-state index contributed by atoms with van der Waals surface area (Å²) in [5, 5.41) is 11.1. The van der Waals surface area contributed by atoms with Crippen LogP contribution in [0.1, 0.15) is 0 Å². The fourth-order valence-corrected chi connectivity index (χ4v) is 0.906. The average Bonchev–Trinajstić information content (AvgIpc) is 2.18. The SMILES string of the molecule is O=C(Nc1cnccc1Cl)OCCO. The van der Waals surface area contributed by atoms with Crippen LogP contribution >= 0.6 is 11.6 Å². The molecule has 5 nitrogen and oxygen atoms in total. The molecule has 6 heteroatoms. The van der Waals surface area contributed by atoms with Crippen molar-refractivity contribution in [1.29, 1.82) is 0 Å². The molecule has 1 amide bonds. The maximum atomic E-state index is 11.0. The molecule has 1 heterocycles. The number of nitrogens with zero attached hydrogens (tertiary/aromatic N) is 1. The van der Waals surface area contributed by atoms with E-state index in [1.54, 1.807) is 6.07 Å². The van der Waals surface area contributed by atoms with Crippen molar-refractivity contribution in [1.82, 2.24) is 4.98 Å². The Kier molecular flexibility index (Phi) is 4.15. The van der Waals surface area contributed by atoms with E-state index in [1.165, 1.54) is 12.4 Å². The fourth-order valence-electron chi connectivity index (χ4n) is 0.754. The van der Waals surface area contributed by atoms with E-state index >= 15 is 0 Å². The second-order valence-electron chi connectivity index (χ2n) is 2.34. The minimum atomic E-state index is -0.672. The van der Waals surface area contributed by atoms with Gasteiger partial charge in [0, 0.05) is 6.20 Å². The minimum Gasteiger partial charge on any atom is -0.447 e. The third-order valence-corrected chi connectivity index (χ3v) is 1.66. The van der Waals surface area contributed by atoms with Crippen molar-refractivity contribution in [2.24, 2.45) is 0 Å². The number of aromatic nitrogens is 1. The second kappa shape index (κ2) is 5.41. The van der Waals surface area contributed by atoms with Gasteiger partial charge in [-0.2, -0.15) is 0 Å². The summed E-state index contributed by atoms with van der Waals surface area (Å²) in [6.45, 7) is -0.266. The molecular formula is C8H9ClN2O3. The van der Waals surface area contributed by atoms with Gasteiger partial charge >= 0.3 is 6.09 Å². The lowest BCUT2D eigenvalue weighted by atomic mass is 10.4. The van der Waals surface area contributed by atoms with E-state index in [2.05, 4.69) is 15.0 Å². The highest BCUT2D eigenvalue weighted by atomic mass is 35.5. The number of rotatable bonds is 3. The van der Waals surface area contributed by atoms with E-state index in [0.717, 1.165) is 0 Å². The van der Waals surface area contributed by atoms with Gasteiger partial charge in [0.05, 0.1) is 23.5 Å². The number of aliphatic hydroxyl groups excluding tert-OH is 1. The van der Waals surface area contributed by atoms with Crippen molar-refractivity contribution >= 4 is 23.4 Å². The number of carbonyl (C=O) groups excluding carboxylic acids is 1. The number of nitrogens with one attached hydrogen (secondary N) is 1. The molecule has 1 aromatic rings. The van der Waals surface area contributed by atoms with Crippen molar-refractivity contribution < 1.29 is 14.6 Å². The number of carbonyl (C=O) groups is 1. The number of hydrogen-bond donors (Lipinski definition) is 2. The Hall–Kier alpha value is -1.33. The maximum absolute atomic E-state index is 11.0. The normalized spacial score (nSPS) is 9.57. The number of ether oxygens (including phenoxy) is 1. The molecule has 2 N–H and O–H groups in total. The molecule has 14 heavy (non-hydrogen) atoms. The predicted molar refractivity (Wildman–Crippen MR) is 51.3 cm³/mol. The summed E-state index contributed by atoms with van der Waals surface area (Å²) >= 11 is 5.74. The van der Waals surface area contributed by atoms with Crippen molar-refractivity contribution in [2.45, 2.75) is 0 Å². The molecule has 0 bridgehead atoms. The van der Waals surface area contributed by atoms with Crippen molar-refractivity contribution in [2.75, 3.05) is 18.5 Å². The van der Waals surface area contributed by atoms with Crippen LogP contribution in [0.4, 0.5) is 10.5 Å². The lowest BCUT2D eigenvalue weighted by molar-refractivity contribution is 0.131. The van der Waals surface area contributed by atoms with Crippen LogP contribution in [0.3, 0.4) is 0 Å². The number of halogens is 1. The first-order valence-corrected chi connectivity index (χ1v) is 4.26. The van der Waals surface area contributed by atoms with Gasteiger partial charge in [-0.15, -0.1) is 0 Å². The quantitative estimate of drug-likeness (QED) is 0.798. The molecule has 0 unspecified atom stereocenters. The molecule has 1 aromatic heterocycles. The minimum absolute atomic E-state index is 0.0519. The van der Waals surface area contributed by atoms with E-state index in [-0.39, 0.29) is 13.2 Å². The number of pyridine rings is 1. The van der Waals surface area contributed by atoms with Gasteiger partial charge in [0.2, 0.25) is 0 Å². The largest absolute Gasteiger partial charge is 0.447 e. The molecule has 76 valence electrons. The Labute approximate surface area is 85.7 Å². The summed E-state index contributed by atoms with van der Waals surface area (Å²) in [6.07, 6.45) is 2.24. The molecule has 0 fully saturated rings. The zero-order chi connectivity index (χ0) is 10.4. The van der Waals surface area contributed by atoms with Gasteiger partial charge in [-0.3, -0.25) is 10.3 Å². The van der Waals surface area contributed by atoms with Crippen LogP contribution in [0.5, 0.6) is 0 Å². The molecule has 0 spiro atoms. The van der Waals surface area contributed by atoms with Crippen LogP contribution in [-0.4, -0.2) is 29.4 Å². The van der Waals surface area contributed by atoms with Gasteiger partial charge in [-0.05, 0) is 6.07 Å². The topological polar surface area (TPSA) is 71.5 Å². The predicted octanol–water partition coefficient (Wildman–Crippen LogP) is 1.28. The first kappa shape index (κ1) is 10.7. The first-order valence-electron chi connectivity index (χ1n) is 3.88. The van der Waals surface area contributed by atoms with Crippen molar-refractivity contribution in [3.05, 3.63) is 23.5 Å². The van der Waals surface area contributed by atoms with Gasteiger partial charge in [0.15, 0.2) is 0 Å². The Morgan fingerprint density at radius 2 is 2.50 bits per heavy atom. The molecular weight excluding hydrogens is 208 g/mol. The summed E-state index contributed by atoms with van der Waals surface area (Å²) in [5.41, 5.74) is 0.372. The van der Waals surface area contributed by atoms with Crippen molar-refractivity contribution in [3.8, 4) is 0 Å². The summed E-state index contributed by atoms with van der Waals surface area (Å²) in [4.78, 5) is 14.8. The van der Waals surface area contributed by atoms with E-state index < -0.39 is 6.09 Å². The van der Waals surface area contributed by atoms with Crippen LogP contribution in [0.15, 0.2) is 18.5 Å². The monoisotopic (exact) mass is 216 g/mol. The lowest BCUT2D eigenvalue weighted by Crippen LogP contribution is -2.16. The lowest BCUT2D eigenvalue weighted by Gasteiger charge is -2.06. The van der Waals surface area contributed by atoms with E-state index in [0.29, 0.717) is 10.7 Å². The molecule has 0 saturated carbocycles. The van der Waals surface area contributed by atoms with Crippen molar-refractivity contribution in [3.63, 3.8) is 0 Å². The highest BCUT2D eigenvalue weighted by Crippen LogP contribution is 2.18. The molecule has 1 rings (SSSR count). The van der Waals surface area contributed by atoms with Gasteiger partial charge in [0.25, 0.3) is 0 Å².